The molecule has 4 heteroatoms. The van der Waals surface area contributed by atoms with E-state index in [1.807, 2.05) is 30.3 Å². The molecular formula is C10H12N2OS. The van der Waals surface area contributed by atoms with Gasteiger partial charge in [0, 0.05) is 6.54 Å². The second-order valence-electron chi connectivity index (χ2n) is 2.86. The molecule has 1 rings (SSSR count). The number of benzene rings is 1. The lowest BCUT2D eigenvalue weighted by Gasteiger charge is -2.04. The molecule has 1 amide bonds. The van der Waals surface area contributed by atoms with E-state index in [9.17, 15) is 4.79 Å². The smallest absolute Gasteiger partial charge is 0.276 e. The number of carbonyl (C=O) groups excluding carboxylic acids is 1. The van der Waals surface area contributed by atoms with Crippen LogP contribution in [-0.2, 0) is 11.2 Å². The van der Waals surface area contributed by atoms with Gasteiger partial charge < -0.3 is 11.1 Å². The van der Waals surface area contributed by atoms with E-state index in [0.29, 0.717) is 6.54 Å². The van der Waals surface area contributed by atoms with Crippen LogP contribution < -0.4 is 11.1 Å². The normalized spacial score (nSPS) is 9.43. The molecule has 0 atom stereocenters. The van der Waals surface area contributed by atoms with E-state index in [1.54, 1.807) is 0 Å². The van der Waals surface area contributed by atoms with Crippen LogP contribution in [0.25, 0.3) is 0 Å². The lowest BCUT2D eigenvalue weighted by Crippen LogP contribution is -2.35. The van der Waals surface area contributed by atoms with Crippen molar-refractivity contribution in [1.29, 1.82) is 0 Å². The van der Waals surface area contributed by atoms with Crippen molar-refractivity contribution in [2.24, 2.45) is 5.73 Å². The summed E-state index contributed by atoms with van der Waals surface area (Å²) < 4.78 is 0. The molecule has 0 aliphatic rings. The van der Waals surface area contributed by atoms with Crippen molar-refractivity contribution in [3.05, 3.63) is 35.9 Å². The summed E-state index contributed by atoms with van der Waals surface area (Å²) >= 11 is 4.71. The molecule has 3 N–H and O–H groups in total. The van der Waals surface area contributed by atoms with Gasteiger partial charge in [-0.2, -0.15) is 0 Å². The molecule has 0 aliphatic heterocycles. The van der Waals surface area contributed by atoms with Gasteiger partial charge in [0.25, 0.3) is 5.91 Å². The molecule has 3 nitrogen and oxygen atoms in total. The third kappa shape index (κ3) is 3.53. The largest absolute Gasteiger partial charge is 0.371 e. The SMILES string of the molecule is NC(=O)C(=S)NCCc1ccccc1. The number of hydrogen-bond acceptors (Lipinski definition) is 2. The first-order valence-corrected chi connectivity index (χ1v) is 4.72. The zero-order chi connectivity index (χ0) is 10.4. The number of amides is 1. The van der Waals surface area contributed by atoms with E-state index in [0.717, 1.165) is 6.42 Å². The molecule has 0 aromatic heterocycles. The van der Waals surface area contributed by atoms with E-state index in [2.05, 4.69) is 5.32 Å². The average molecular weight is 208 g/mol. The van der Waals surface area contributed by atoms with Gasteiger partial charge in [0.05, 0.1) is 0 Å². The Bertz CT molecular complexity index is 324. The Morgan fingerprint density at radius 2 is 2.00 bits per heavy atom. The summed E-state index contributed by atoms with van der Waals surface area (Å²) in [6, 6.07) is 9.96. The molecule has 0 aliphatic carbocycles. The van der Waals surface area contributed by atoms with Gasteiger partial charge in [0.15, 0.2) is 4.99 Å². The lowest BCUT2D eigenvalue weighted by atomic mass is 10.1. The molecule has 14 heavy (non-hydrogen) atoms. The fourth-order valence-corrected chi connectivity index (χ4v) is 1.15. The van der Waals surface area contributed by atoms with Gasteiger partial charge in [-0.3, -0.25) is 4.79 Å². The molecule has 0 saturated heterocycles. The highest BCUT2D eigenvalue weighted by atomic mass is 32.1. The van der Waals surface area contributed by atoms with Crippen molar-refractivity contribution in [2.75, 3.05) is 6.54 Å². The highest BCUT2D eigenvalue weighted by Gasteiger charge is 2.01. The van der Waals surface area contributed by atoms with Gasteiger partial charge in [-0.05, 0) is 12.0 Å². The first-order chi connectivity index (χ1) is 6.70. The molecule has 0 fully saturated rings. The molecular weight excluding hydrogens is 196 g/mol. The molecule has 0 heterocycles. The molecule has 0 spiro atoms. The lowest BCUT2D eigenvalue weighted by molar-refractivity contribution is -0.112. The predicted octanol–water partition coefficient (Wildman–Crippen LogP) is 0.631. The van der Waals surface area contributed by atoms with Crippen LogP contribution in [0, 0.1) is 0 Å². The van der Waals surface area contributed by atoms with Crippen LogP contribution in [0.2, 0.25) is 0 Å². The second kappa shape index (κ2) is 5.34. The van der Waals surface area contributed by atoms with E-state index >= 15 is 0 Å². The Morgan fingerprint density at radius 3 is 2.57 bits per heavy atom. The Morgan fingerprint density at radius 1 is 1.36 bits per heavy atom. The van der Waals surface area contributed by atoms with Gasteiger partial charge in [0.2, 0.25) is 0 Å². The summed E-state index contributed by atoms with van der Waals surface area (Å²) in [5, 5.41) is 2.79. The van der Waals surface area contributed by atoms with Gasteiger partial charge in [-0.25, -0.2) is 0 Å². The first-order valence-electron chi connectivity index (χ1n) is 4.31. The summed E-state index contributed by atoms with van der Waals surface area (Å²) in [7, 11) is 0. The van der Waals surface area contributed by atoms with Crippen molar-refractivity contribution in [3.63, 3.8) is 0 Å². The zero-order valence-corrected chi connectivity index (χ0v) is 8.51. The predicted molar refractivity (Wildman–Crippen MR) is 59.9 cm³/mol. The van der Waals surface area contributed by atoms with Gasteiger partial charge in [0.1, 0.15) is 0 Å². The molecule has 0 saturated carbocycles. The first kappa shape index (κ1) is 10.7. The molecule has 0 radical (unpaired) electrons. The molecule has 0 bridgehead atoms. The van der Waals surface area contributed by atoms with E-state index in [-0.39, 0.29) is 4.99 Å². The van der Waals surface area contributed by atoms with Gasteiger partial charge in [-0.15, -0.1) is 0 Å². The van der Waals surface area contributed by atoms with Crippen LogP contribution in [-0.4, -0.2) is 17.4 Å². The van der Waals surface area contributed by atoms with Crippen molar-refractivity contribution in [2.45, 2.75) is 6.42 Å². The summed E-state index contributed by atoms with van der Waals surface area (Å²) in [6.07, 6.45) is 0.828. The summed E-state index contributed by atoms with van der Waals surface area (Å²) in [6.45, 7) is 0.631. The Hall–Kier alpha value is -1.42. The maximum absolute atomic E-state index is 10.6. The number of carbonyl (C=O) groups is 1. The van der Waals surface area contributed by atoms with Crippen LogP contribution >= 0.6 is 12.2 Å². The van der Waals surface area contributed by atoms with Gasteiger partial charge in [-0.1, -0.05) is 42.5 Å². The van der Waals surface area contributed by atoms with Crippen LogP contribution in [0.4, 0.5) is 0 Å². The quantitative estimate of drug-likeness (QED) is 0.716. The van der Waals surface area contributed by atoms with Crippen LogP contribution in [0.1, 0.15) is 5.56 Å². The van der Waals surface area contributed by atoms with Crippen molar-refractivity contribution < 1.29 is 4.79 Å². The summed E-state index contributed by atoms with van der Waals surface area (Å²) in [5.74, 6) is -0.576. The molecule has 0 unspecified atom stereocenters. The number of nitrogens with two attached hydrogens (primary N) is 1. The Kier molecular flexibility index (Phi) is 4.07. The topological polar surface area (TPSA) is 55.1 Å². The highest BCUT2D eigenvalue weighted by molar-refractivity contribution is 7.82. The van der Waals surface area contributed by atoms with Crippen LogP contribution in [0.5, 0.6) is 0 Å². The average Bonchev–Trinajstić information content (AvgIpc) is 2.19. The van der Waals surface area contributed by atoms with Crippen molar-refractivity contribution in [1.82, 2.24) is 5.32 Å². The van der Waals surface area contributed by atoms with Gasteiger partial charge >= 0.3 is 0 Å². The third-order valence-electron chi connectivity index (χ3n) is 1.77. The summed E-state index contributed by atoms with van der Waals surface area (Å²) in [5.41, 5.74) is 6.17. The molecule has 74 valence electrons. The highest BCUT2D eigenvalue weighted by Crippen LogP contribution is 1.97. The monoisotopic (exact) mass is 208 g/mol. The number of rotatable bonds is 3. The maximum atomic E-state index is 10.6. The van der Waals surface area contributed by atoms with E-state index in [4.69, 9.17) is 18.0 Å². The number of nitrogens with one attached hydrogen (secondary N) is 1. The van der Waals surface area contributed by atoms with Crippen LogP contribution in [0.15, 0.2) is 30.3 Å². The zero-order valence-electron chi connectivity index (χ0n) is 7.69. The number of thiocarbonyl (C=S) groups is 1. The van der Waals surface area contributed by atoms with E-state index < -0.39 is 5.91 Å². The third-order valence-corrected chi connectivity index (χ3v) is 2.11. The summed E-state index contributed by atoms with van der Waals surface area (Å²) in [4.78, 5) is 10.7. The minimum Gasteiger partial charge on any atom is -0.371 e. The fourth-order valence-electron chi connectivity index (χ4n) is 1.05. The number of hydrogen-bond donors (Lipinski definition) is 2. The van der Waals surface area contributed by atoms with Crippen molar-refractivity contribution in [3.8, 4) is 0 Å². The second-order valence-corrected chi connectivity index (χ2v) is 3.26. The standard InChI is InChI=1S/C10H12N2OS/c11-9(13)10(14)12-7-6-8-4-2-1-3-5-8/h1-5H,6-7H2,(H2,11,13)(H,12,14). The van der Waals surface area contributed by atoms with Crippen molar-refractivity contribution >= 4 is 23.1 Å². The minimum atomic E-state index is -0.576. The maximum Gasteiger partial charge on any atom is 0.276 e. The fraction of sp³-hybridized carbons (Fsp3) is 0.200. The number of primary amides is 1. The molecule has 1 aromatic carbocycles. The minimum absolute atomic E-state index is 0.0981. The van der Waals surface area contributed by atoms with Crippen LogP contribution in [0.3, 0.4) is 0 Å². The Labute approximate surface area is 88.3 Å². The van der Waals surface area contributed by atoms with E-state index in [1.165, 1.54) is 5.56 Å². The Balaban J connectivity index is 2.29. The molecule has 1 aromatic rings.